The van der Waals surface area contributed by atoms with E-state index >= 15 is 0 Å². The summed E-state index contributed by atoms with van der Waals surface area (Å²) < 4.78 is 4.87. The fourth-order valence-corrected chi connectivity index (χ4v) is 1.84. The van der Waals surface area contributed by atoms with Crippen molar-refractivity contribution in [1.29, 1.82) is 0 Å². The molecular formula is C13H17ClN2O5. The summed E-state index contributed by atoms with van der Waals surface area (Å²) in [6.07, 6.45) is 0.359. The normalized spacial score (nSPS) is 13.5. The number of non-ortho nitro benzene ring substituents is 1. The summed E-state index contributed by atoms with van der Waals surface area (Å²) in [7, 11) is 1.52. The van der Waals surface area contributed by atoms with Crippen LogP contribution in [-0.4, -0.2) is 41.8 Å². The lowest BCUT2D eigenvalue weighted by atomic mass is 10.0. The molecular weight excluding hydrogens is 300 g/mol. The first kappa shape index (κ1) is 17.4. The number of nitro groups is 1. The van der Waals surface area contributed by atoms with Crippen LogP contribution in [-0.2, 0) is 4.74 Å². The number of carbonyl (C=O) groups is 1. The van der Waals surface area contributed by atoms with Crippen LogP contribution in [0.2, 0.25) is 5.02 Å². The third-order valence-electron chi connectivity index (χ3n) is 2.88. The molecule has 0 bridgehead atoms. The van der Waals surface area contributed by atoms with Crippen LogP contribution in [0.5, 0.6) is 0 Å². The highest BCUT2D eigenvalue weighted by Crippen LogP contribution is 2.22. The molecule has 1 rings (SSSR count). The molecule has 1 aromatic carbocycles. The summed E-state index contributed by atoms with van der Waals surface area (Å²) in [4.78, 5) is 22.0. The van der Waals surface area contributed by atoms with Gasteiger partial charge >= 0.3 is 0 Å². The van der Waals surface area contributed by atoms with Crippen molar-refractivity contribution in [2.75, 3.05) is 20.3 Å². The van der Waals surface area contributed by atoms with Crippen LogP contribution in [0, 0.1) is 10.1 Å². The predicted molar refractivity (Wildman–Crippen MR) is 77.6 cm³/mol. The average Bonchev–Trinajstić information content (AvgIpc) is 2.42. The van der Waals surface area contributed by atoms with Crippen molar-refractivity contribution >= 4 is 23.2 Å². The molecule has 1 unspecified atom stereocenters. The standard InChI is InChI=1S/C13H17ClN2O5/c1-13(18,5-6-21-2)8-15-12(17)10-4-3-9(16(19)20)7-11(10)14/h3-4,7,18H,5-6,8H2,1-2H3,(H,15,17). The maximum Gasteiger partial charge on any atom is 0.270 e. The molecule has 0 aliphatic heterocycles. The maximum atomic E-state index is 12.0. The van der Waals surface area contributed by atoms with Crippen LogP contribution in [0.25, 0.3) is 0 Å². The molecule has 0 radical (unpaired) electrons. The number of nitrogens with one attached hydrogen (secondary N) is 1. The minimum absolute atomic E-state index is 0.0155. The van der Waals surface area contributed by atoms with E-state index in [1.165, 1.54) is 19.2 Å². The number of aliphatic hydroxyl groups is 1. The molecule has 0 aromatic heterocycles. The molecule has 0 fully saturated rings. The zero-order valence-electron chi connectivity index (χ0n) is 11.8. The van der Waals surface area contributed by atoms with E-state index in [0.717, 1.165) is 6.07 Å². The van der Waals surface area contributed by atoms with Gasteiger partial charge in [-0.25, -0.2) is 0 Å². The number of rotatable bonds is 7. The molecule has 116 valence electrons. The minimum Gasteiger partial charge on any atom is -0.388 e. The van der Waals surface area contributed by atoms with Crippen LogP contribution >= 0.6 is 11.6 Å². The number of carbonyl (C=O) groups excluding carboxylic acids is 1. The number of amides is 1. The quantitative estimate of drug-likeness (QED) is 0.589. The molecule has 21 heavy (non-hydrogen) atoms. The minimum atomic E-state index is -1.11. The van der Waals surface area contributed by atoms with E-state index in [-0.39, 0.29) is 22.8 Å². The molecule has 0 saturated carbocycles. The van der Waals surface area contributed by atoms with Gasteiger partial charge in [0.1, 0.15) is 0 Å². The summed E-state index contributed by atoms with van der Waals surface area (Å²) in [5.41, 5.74) is -1.19. The lowest BCUT2D eigenvalue weighted by molar-refractivity contribution is -0.384. The smallest absolute Gasteiger partial charge is 0.270 e. The first-order chi connectivity index (χ1) is 9.76. The number of nitro benzene ring substituents is 1. The van der Waals surface area contributed by atoms with Crippen molar-refractivity contribution < 1.29 is 19.6 Å². The highest BCUT2D eigenvalue weighted by atomic mass is 35.5. The van der Waals surface area contributed by atoms with Crippen molar-refractivity contribution in [1.82, 2.24) is 5.32 Å². The molecule has 1 atom stereocenters. The van der Waals surface area contributed by atoms with Crippen LogP contribution in [0.3, 0.4) is 0 Å². The molecule has 2 N–H and O–H groups in total. The van der Waals surface area contributed by atoms with Crippen LogP contribution in [0.1, 0.15) is 23.7 Å². The second-order valence-corrected chi connectivity index (χ2v) is 5.25. The van der Waals surface area contributed by atoms with Gasteiger partial charge in [0, 0.05) is 38.8 Å². The zero-order valence-corrected chi connectivity index (χ0v) is 12.5. The Morgan fingerprint density at radius 1 is 1.57 bits per heavy atom. The lowest BCUT2D eigenvalue weighted by Crippen LogP contribution is -2.41. The summed E-state index contributed by atoms with van der Waals surface area (Å²) in [5, 5.41) is 23.1. The van der Waals surface area contributed by atoms with Crippen LogP contribution in [0.4, 0.5) is 5.69 Å². The first-order valence-corrected chi connectivity index (χ1v) is 6.58. The van der Waals surface area contributed by atoms with Gasteiger partial charge in [-0.15, -0.1) is 0 Å². The molecule has 0 aliphatic carbocycles. The second kappa shape index (κ2) is 7.35. The summed E-state index contributed by atoms with van der Waals surface area (Å²) >= 11 is 5.85. The Morgan fingerprint density at radius 2 is 2.24 bits per heavy atom. The number of nitrogens with zero attached hydrogens (tertiary/aromatic N) is 1. The summed E-state index contributed by atoms with van der Waals surface area (Å²) in [6, 6.07) is 3.59. The second-order valence-electron chi connectivity index (χ2n) is 4.84. The fourth-order valence-electron chi connectivity index (χ4n) is 1.58. The number of halogens is 1. The van der Waals surface area contributed by atoms with E-state index in [9.17, 15) is 20.0 Å². The maximum absolute atomic E-state index is 12.0. The topological polar surface area (TPSA) is 102 Å². The number of hydrogen-bond donors (Lipinski definition) is 2. The molecule has 0 heterocycles. The Kier molecular flexibility index (Phi) is 6.07. The molecule has 1 amide bonds. The number of methoxy groups -OCH3 is 1. The van der Waals surface area contributed by atoms with Crippen molar-refractivity contribution in [2.45, 2.75) is 18.9 Å². The summed E-state index contributed by atoms with van der Waals surface area (Å²) in [6.45, 7) is 1.95. The fraction of sp³-hybridized carbons (Fsp3) is 0.462. The largest absolute Gasteiger partial charge is 0.388 e. The Bertz CT molecular complexity index is 533. The number of benzene rings is 1. The highest BCUT2D eigenvalue weighted by molar-refractivity contribution is 6.34. The summed E-state index contributed by atoms with van der Waals surface area (Å²) in [5.74, 6) is -0.507. The van der Waals surface area contributed by atoms with Crippen molar-refractivity contribution in [3.63, 3.8) is 0 Å². The molecule has 1 aromatic rings. The Balaban J connectivity index is 2.70. The van der Waals surface area contributed by atoms with E-state index in [2.05, 4.69) is 5.32 Å². The van der Waals surface area contributed by atoms with Gasteiger partial charge in [-0.3, -0.25) is 14.9 Å². The van der Waals surface area contributed by atoms with Gasteiger partial charge in [0.25, 0.3) is 11.6 Å². The van der Waals surface area contributed by atoms with E-state index in [0.29, 0.717) is 13.0 Å². The Hall–Kier alpha value is -1.70. The van der Waals surface area contributed by atoms with E-state index in [4.69, 9.17) is 16.3 Å². The highest BCUT2D eigenvalue weighted by Gasteiger charge is 2.22. The third kappa shape index (κ3) is 5.30. The van der Waals surface area contributed by atoms with Gasteiger partial charge in [0.15, 0.2) is 0 Å². The monoisotopic (exact) mass is 316 g/mol. The molecule has 0 saturated heterocycles. The van der Waals surface area contributed by atoms with Gasteiger partial charge in [-0.2, -0.15) is 0 Å². The first-order valence-electron chi connectivity index (χ1n) is 6.20. The van der Waals surface area contributed by atoms with Gasteiger partial charge in [-0.1, -0.05) is 11.6 Å². The zero-order chi connectivity index (χ0) is 16.0. The van der Waals surface area contributed by atoms with E-state index in [1.54, 1.807) is 6.92 Å². The molecule has 0 aliphatic rings. The number of ether oxygens (including phenoxy) is 1. The average molecular weight is 317 g/mol. The number of hydrogen-bond acceptors (Lipinski definition) is 5. The third-order valence-corrected chi connectivity index (χ3v) is 3.20. The SMILES string of the molecule is COCCC(C)(O)CNC(=O)c1ccc([N+](=O)[O-])cc1Cl. The van der Waals surface area contributed by atoms with Crippen molar-refractivity contribution in [2.24, 2.45) is 0 Å². The lowest BCUT2D eigenvalue weighted by Gasteiger charge is -2.23. The van der Waals surface area contributed by atoms with Gasteiger partial charge in [0.05, 0.1) is 21.1 Å². The van der Waals surface area contributed by atoms with Crippen molar-refractivity contribution in [3.05, 3.63) is 38.9 Å². The van der Waals surface area contributed by atoms with Crippen LogP contribution < -0.4 is 5.32 Å². The Morgan fingerprint density at radius 3 is 2.76 bits per heavy atom. The van der Waals surface area contributed by atoms with Gasteiger partial charge in [-0.05, 0) is 13.0 Å². The Labute approximate surface area is 127 Å². The van der Waals surface area contributed by atoms with Crippen molar-refractivity contribution in [3.8, 4) is 0 Å². The van der Waals surface area contributed by atoms with Gasteiger partial charge < -0.3 is 15.2 Å². The van der Waals surface area contributed by atoms with Crippen LogP contribution in [0.15, 0.2) is 18.2 Å². The van der Waals surface area contributed by atoms with E-state index in [1.807, 2.05) is 0 Å². The predicted octanol–water partition coefficient (Wildman–Crippen LogP) is 1.77. The molecule has 0 spiro atoms. The van der Waals surface area contributed by atoms with Gasteiger partial charge in [0.2, 0.25) is 0 Å². The molecule has 7 nitrogen and oxygen atoms in total. The van der Waals surface area contributed by atoms with E-state index < -0.39 is 16.4 Å². The molecule has 8 heteroatoms.